The fourth-order valence-electron chi connectivity index (χ4n) is 6.78. The number of carbonyl (C=O) groups excluding carboxylic acids is 1. The average molecular weight is 618 g/mol. The Morgan fingerprint density at radius 1 is 0.956 bits per heavy atom. The number of piperidine rings is 2. The molecule has 4 aromatic rings. The molecule has 0 spiro atoms. The normalized spacial score (nSPS) is 17.1. The SMILES string of the molecule is Cc1nc2c(F)cc(-c3nc(Nc4ccc(C(=O)N5CCC(N6CCC(N(C)C)CC6)CC5)cn4)ncc3F)cc2n1C(C)C. The largest absolute Gasteiger partial charge is 0.338 e. The van der Waals surface area contributed by atoms with Crippen molar-refractivity contribution >= 4 is 28.7 Å². The quantitative estimate of drug-likeness (QED) is 0.294. The second-order valence-corrected chi connectivity index (χ2v) is 12.6. The van der Waals surface area contributed by atoms with Gasteiger partial charge in [-0.15, -0.1) is 0 Å². The zero-order chi connectivity index (χ0) is 31.8. The standard InChI is InChI=1S/C33H41F2N9O/c1-20(2)44-21(3)38-31-26(34)16-23(17-28(31)44)30-27(35)19-37-33(40-30)39-29-7-6-22(18-36-29)32(45)43-14-10-25(11-15-43)42-12-8-24(9-13-42)41(4)5/h6-7,16-20,24-25H,8-15H2,1-5H3,(H,36,37,39,40). The number of rotatable bonds is 7. The van der Waals surface area contributed by atoms with Crippen LogP contribution in [0.2, 0.25) is 0 Å². The molecule has 2 saturated heterocycles. The number of hydrogen-bond donors (Lipinski definition) is 1. The van der Waals surface area contributed by atoms with E-state index in [1.807, 2.05) is 30.2 Å². The number of aromatic nitrogens is 5. The van der Waals surface area contributed by atoms with Gasteiger partial charge in [-0.3, -0.25) is 4.79 Å². The number of likely N-dealkylation sites (tertiary alicyclic amines) is 2. The Labute approximate surface area is 262 Å². The Balaban J connectivity index is 1.10. The minimum Gasteiger partial charge on any atom is -0.338 e. The van der Waals surface area contributed by atoms with Gasteiger partial charge in [0.2, 0.25) is 5.95 Å². The number of aryl methyl sites for hydroxylation is 1. The molecule has 45 heavy (non-hydrogen) atoms. The Kier molecular flexibility index (Phi) is 8.78. The van der Waals surface area contributed by atoms with Gasteiger partial charge in [-0.1, -0.05) is 0 Å². The lowest BCUT2D eigenvalue weighted by Gasteiger charge is -2.42. The van der Waals surface area contributed by atoms with Crippen LogP contribution in [0.3, 0.4) is 0 Å². The van der Waals surface area contributed by atoms with Gasteiger partial charge < -0.3 is 24.6 Å². The molecule has 1 N–H and O–H groups in total. The first kappa shape index (κ1) is 31.0. The number of halogens is 2. The lowest BCUT2D eigenvalue weighted by Crippen LogP contribution is -2.51. The van der Waals surface area contributed by atoms with Gasteiger partial charge in [-0.25, -0.2) is 28.7 Å². The van der Waals surface area contributed by atoms with Crippen LogP contribution in [-0.4, -0.2) is 97.5 Å². The molecule has 0 bridgehead atoms. The first-order valence-electron chi connectivity index (χ1n) is 15.7. The van der Waals surface area contributed by atoms with Gasteiger partial charge in [-0.2, -0.15) is 0 Å². The number of pyridine rings is 1. The molecule has 2 aliphatic rings. The third-order valence-electron chi connectivity index (χ3n) is 9.21. The predicted octanol–water partition coefficient (Wildman–Crippen LogP) is 5.43. The van der Waals surface area contributed by atoms with Crippen LogP contribution in [0, 0.1) is 18.6 Å². The van der Waals surface area contributed by atoms with Crippen molar-refractivity contribution in [1.29, 1.82) is 0 Å². The first-order valence-corrected chi connectivity index (χ1v) is 15.7. The Morgan fingerprint density at radius 2 is 1.69 bits per heavy atom. The lowest BCUT2D eigenvalue weighted by atomic mass is 9.97. The summed E-state index contributed by atoms with van der Waals surface area (Å²) in [6.07, 6.45) is 6.93. The van der Waals surface area contributed by atoms with Crippen LogP contribution in [0.4, 0.5) is 20.5 Å². The van der Waals surface area contributed by atoms with Gasteiger partial charge >= 0.3 is 0 Å². The van der Waals surface area contributed by atoms with Gasteiger partial charge in [0, 0.05) is 43.0 Å². The Bertz CT molecular complexity index is 1670. The highest BCUT2D eigenvalue weighted by atomic mass is 19.1. The summed E-state index contributed by atoms with van der Waals surface area (Å²) in [6, 6.07) is 7.57. The van der Waals surface area contributed by atoms with Crippen molar-refractivity contribution in [3.05, 3.63) is 59.7 Å². The molecule has 0 unspecified atom stereocenters. The average Bonchev–Trinajstić information content (AvgIpc) is 3.38. The molecule has 238 valence electrons. The molecular formula is C33H41F2N9O. The summed E-state index contributed by atoms with van der Waals surface area (Å²) >= 11 is 0. The van der Waals surface area contributed by atoms with E-state index >= 15 is 4.39 Å². The van der Waals surface area contributed by atoms with E-state index in [0.717, 1.165) is 45.2 Å². The number of carbonyl (C=O) groups is 1. The number of nitrogens with zero attached hydrogens (tertiary/aromatic N) is 8. The molecule has 5 heterocycles. The molecular weight excluding hydrogens is 576 g/mol. The van der Waals surface area contributed by atoms with E-state index < -0.39 is 11.6 Å². The van der Waals surface area contributed by atoms with E-state index in [9.17, 15) is 9.18 Å². The molecule has 0 atom stereocenters. The maximum atomic E-state index is 15.0. The van der Waals surface area contributed by atoms with E-state index in [1.54, 1.807) is 18.2 Å². The van der Waals surface area contributed by atoms with Crippen molar-refractivity contribution in [2.45, 2.75) is 64.6 Å². The monoisotopic (exact) mass is 617 g/mol. The number of hydrogen-bond acceptors (Lipinski definition) is 8. The van der Waals surface area contributed by atoms with Crippen molar-refractivity contribution in [3.8, 4) is 11.3 Å². The van der Waals surface area contributed by atoms with Crippen LogP contribution in [-0.2, 0) is 0 Å². The summed E-state index contributed by atoms with van der Waals surface area (Å²) in [7, 11) is 4.32. The van der Waals surface area contributed by atoms with Crippen molar-refractivity contribution < 1.29 is 13.6 Å². The Morgan fingerprint density at radius 3 is 2.33 bits per heavy atom. The van der Waals surface area contributed by atoms with Crippen molar-refractivity contribution in [3.63, 3.8) is 0 Å². The fraction of sp³-hybridized carbons (Fsp3) is 0.485. The number of benzene rings is 1. The van der Waals surface area contributed by atoms with Gasteiger partial charge in [0.25, 0.3) is 5.91 Å². The minimum atomic E-state index is -0.678. The summed E-state index contributed by atoms with van der Waals surface area (Å²) in [5.41, 5.74) is 1.55. The van der Waals surface area contributed by atoms with Crippen LogP contribution in [0.15, 0.2) is 36.7 Å². The van der Waals surface area contributed by atoms with Crippen LogP contribution in [0.25, 0.3) is 22.3 Å². The molecule has 3 aromatic heterocycles. The van der Waals surface area contributed by atoms with Gasteiger partial charge in [0.1, 0.15) is 22.9 Å². The highest BCUT2D eigenvalue weighted by Gasteiger charge is 2.30. The van der Waals surface area contributed by atoms with E-state index in [2.05, 4.69) is 49.1 Å². The smallest absolute Gasteiger partial charge is 0.255 e. The van der Waals surface area contributed by atoms with Crippen LogP contribution in [0.1, 0.15) is 61.8 Å². The topological polar surface area (TPSA) is 95.3 Å². The molecule has 2 fully saturated rings. The van der Waals surface area contributed by atoms with E-state index in [1.165, 1.54) is 25.1 Å². The van der Waals surface area contributed by atoms with E-state index in [-0.39, 0.29) is 34.7 Å². The molecule has 0 radical (unpaired) electrons. The highest BCUT2D eigenvalue weighted by molar-refractivity contribution is 5.94. The Hall–Kier alpha value is -4.03. The van der Waals surface area contributed by atoms with Crippen molar-refractivity contribution in [1.82, 2.24) is 39.2 Å². The van der Waals surface area contributed by atoms with Crippen molar-refractivity contribution in [2.24, 2.45) is 0 Å². The number of imidazole rings is 1. The molecule has 2 aliphatic heterocycles. The van der Waals surface area contributed by atoms with Crippen LogP contribution >= 0.6 is 0 Å². The number of nitrogens with one attached hydrogen (secondary N) is 1. The summed E-state index contributed by atoms with van der Waals surface area (Å²) in [6.45, 7) is 9.48. The van der Waals surface area contributed by atoms with Crippen molar-refractivity contribution in [2.75, 3.05) is 45.6 Å². The second-order valence-electron chi connectivity index (χ2n) is 12.6. The molecule has 12 heteroatoms. The van der Waals surface area contributed by atoms with E-state index in [4.69, 9.17) is 0 Å². The maximum absolute atomic E-state index is 15.0. The molecule has 1 aromatic carbocycles. The van der Waals surface area contributed by atoms with Gasteiger partial charge in [0.05, 0.1) is 17.3 Å². The molecule has 1 amide bonds. The summed E-state index contributed by atoms with van der Waals surface area (Å²) in [5, 5.41) is 2.98. The number of anilines is 2. The van der Waals surface area contributed by atoms with Gasteiger partial charge in [-0.05, 0) is 97.9 Å². The van der Waals surface area contributed by atoms with Gasteiger partial charge in [0.15, 0.2) is 11.6 Å². The minimum absolute atomic E-state index is 0.0348. The molecule has 0 saturated carbocycles. The first-order chi connectivity index (χ1) is 21.6. The summed E-state index contributed by atoms with van der Waals surface area (Å²) in [5.74, 6) is -0.0826. The van der Waals surface area contributed by atoms with E-state index in [0.29, 0.717) is 34.8 Å². The zero-order valence-electron chi connectivity index (χ0n) is 26.6. The molecule has 10 nitrogen and oxygen atoms in total. The third kappa shape index (κ3) is 6.39. The summed E-state index contributed by atoms with van der Waals surface area (Å²) in [4.78, 5) is 37.2. The van der Waals surface area contributed by atoms with Crippen LogP contribution in [0.5, 0.6) is 0 Å². The molecule has 6 rings (SSSR count). The second kappa shape index (κ2) is 12.8. The lowest BCUT2D eigenvalue weighted by molar-refractivity contribution is 0.0519. The predicted molar refractivity (Wildman–Crippen MR) is 171 cm³/mol. The summed E-state index contributed by atoms with van der Waals surface area (Å²) < 4.78 is 31.9. The third-order valence-corrected chi connectivity index (χ3v) is 9.21. The zero-order valence-corrected chi connectivity index (χ0v) is 26.6. The van der Waals surface area contributed by atoms with Crippen LogP contribution < -0.4 is 5.32 Å². The number of fused-ring (bicyclic) bond motifs is 1. The molecule has 0 aliphatic carbocycles. The maximum Gasteiger partial charge on any atom is 0.255 e. The highest BCUT2D eigenvalue weighted by Crippen LogP contribution is 2.31. The fourth-order valence-corrected chi connectivity index (χ4v) is 6.78. The number of amides is 1.